The van der Waals surface area contributed by atoms with Gasteiger partial charge in [0.05, 0.1) is 31.2 Å². The molecule has 1 saturated carbocycles. The number of nitrogens with one attached hydrogen (secondary N) is 2. The van der Waals surface area contributed by atoms with E-state index < -0.39 is 12.0 Å². The molecule has 1 aliphatic carbocycles. The lowest BCUT2D eigenvalue weighted by Gasteiger charge is -2.36. The van der Waals surface area contributed by atoms with Gasteiger partial charge in [0.15, 0.2) is 11.6 Å². The Morgan fingerprint density at radius 3 is 2.63 bits per heavy atom. The molecule has 1 aliphatic heterocycles. The van der Waals surface area contributed by atoms with Crippen molar-refractivity contribution in [3.8, 4) is 5.75 Å². The third kappa shape index (κ3) is 4.21. The molecule has 0 aromatic carbocycles. The number of fused-ring (bicyclic) bond motifs is 1. The zero-order chi connectivity index (χ0) is 21.5. The molecule has 2 aromatic rings. The number of halogens is 3. The average Bonchev–Trinajstić information content (AvgIpc) is 2.64. The van der Waals surface area contributed by atoms with Gasteiger partial charge in [-0.25, -0.2) is 15.0 Å². The van der Waals surface area contributed by atoms with Gasteiger partial charge in [-0.2, -0.15) is 18.2 Å². The molecule has 0 saturated heterocycles. The Morgan fingerprint density at radius 2 is 1.97 bits per heavy atom. The molecule has 0 radical (unpaired) electrons. The maximum Gasteiger partial charge on any atom is 0.451 e. The second kappa shape index (κ2) is 7.58. The molecule has 0 unspecified atom stereocenters. The molecule has 2 N–H and O–H groups in total. The maximum absolute atomic E-state index is 12.5. The van der Waals surface area contributed by atoms with Gasteiger partial charge >= 0.3 is 6.18 Å². The van der Waals surface area contributed by atoms with Crippen molar-refractivity contribution in [2.45, 2.75) is 32.0 Å². The van der Waals surface area contributed by atoms with Crippen LogP contribution in [0.2, 0.25) is 0 Å². The van der Waals surface area contributed by atoms with Crippen molar-refractivity contribution in [1.82, 2.24) is 19.9 Å². The summed E-state index contributed by atoms with van der Waals surface area (Å²) < 4.78 is 42.9. The van der Waals surface area contributed by atoms with Gasteiger partial charge < -0.3 is 20.3 Å². The molecule has 160 valence electrons. The van der Waals surface area contributed by atoms with E-state index in [9.17, 15) is 18.0 Å². The first-order chi connectivity index (χ1) is 14.2. The van der Waals surface area contributed by atoms with Gasteiger partial charge in [0.2, 0.25) is 17.7 Å². The molecule has 0 spiro atoms. The number of anilines is 3. The predicted octanol–water partition coefficient (Wildman–Crippen LogP) is 2.25. The SMILES string of the molecule is Cc1nc(N[C@H]2C[C@@H](COc3cnc(C(F)(F)F)nc3)C2)nc2c1NC(=O)CN2C. The minimum atomic E-state index is -4.57. The van der Waals surface area contributed by atoms with E-state index in [-0.39, 0.29) is 30.2 Å². The topological polar surface area (TPSA) is 105 Å². The van der Waals surface area contributed by atoms with Crippen molar-refractivity contribution in [2.75, 3.05) is 35.7 Å². The Morgan fingerprint density at radius 1 is 1.27 bits per heavy atom. The number of aryl methyl sites for hydroxylation is 1. The molecule has 1 fully saturated rings. The van der Waals surface area contributed by atoms with Crippen LogP contribution in [-0.2, 0) is 11.0 Å². The second-order valence-electron chi connectivity index (χ2n) is 7.47. The first-order valence-corrected chi connectivity index (χ1v) is 9.37. The summed E-state index contributed by atoms with van der Waals surface area (Å²) in [5, 5.41) is 6.08. The fraction of sp³-hybridized carbons (Fsp3) is 0.500. The molecule has 3 heterocycles. The standard InChI is InChI=1S/C18H20F3N7O2/c1-9-14-15(28(2)7-13(29)26-14)27-17(24-9)25-11-3-10(4-11)8-30-12-5-22-16(23-6-12)18(19,20)21/h5-6,10-11H,3-4,7-8H2,1-2H3,(H,26,29)(H,24,25,27)/t10-,11+. The molecule has 2 aromatic heterocycles. The van der Waals surface area contributed by atoms with Crippen LogP contribution in [0.5, 0.6) is 5.75 Å². The molecule has 12 heteroatoms. The molecule has 2 aliphatic rings. The smallest absolute Gasteiger partial charge is 0.451 e. The van der Waals surface area contributed by atoms with Crippen molar-refractivity contribution in [3.63, 3.8) is 0 Å². The summed E-state index contributed by atoms with van der Waals surface area (Å²) in [6.07, 6.45) is -0.878. The van der Waals surface area contributed by atoms with Crippen LogP contribution >= 0.6 is 0 Å². The van der Waals surface area contributed by atoms with E-state index in [0.29, 0.717) is 29.8 Å². The van der Waals surface area contributed by atoms with Gasteiger partial charge in [0, 0.05) is 13.1 Å². The van der Waals surface area contributed by atoms with Crippen molar-refractivity contribution < 1.29 is 22.7 Å². The summed E-state index contributed by atoms with van der Waals surface area (Å²) >= 11 is 0. The Hall–Kier alpha value is -3.18. The van der Waals surface area contributed by atoms with Gasteiger partial charge in [-0.05, 0) is 25.7 Å². The molecular weight excluding hydrogens is 403 g/mol. The number of likely N-dealkylation sites (N-methyl/N-ethyl adjacent to an activating group) is 1. The lowest BCUT2D eigenvalue weighted by molar-refractivity contribution is -0.145. The Kier molecular flexibility index (Phi) is 5.08. The first-order valence-electron chi connectivity index (χ1n) is 9.37. The van der Waals surface area contributed by atoms with Crippen molar-refractivity contribution in [3.05, 3.63) is 23.9 Å². The highest BCUT2D eigenvalue weighted by Gasteiger charge is 2.35. The first kappa shape index (κ1) is 20.1. The minimum Gasteiger partial charge on any atom is -0.490 e. The monoisotopic (exact) mass is 423 g/mol. The van der Waals surface area contributed by atoms with E-state index in [1.54, 1.807) is 11.9 Å². The summed E-state index contributed by atoms with van der Waals surface area (Å²) in [7, 11) is 1.80. The van der Waals surface area contributed by atoms with Crippen molar-refractivity contribution >= 4 is 23.4 Å². The zero-order valence-corrected chi connectivity index (χ0v) is 16.3. The van der Waals surface area contributed by atoms with Gasteiger partial charge in [0.25, 0.3) is 0 Å². The van der Waals surface area contributed by atoms with E-state index >= 15 is 0 Å². The zero-order valence-electron chi connectivity index (χ0n) is 16.3. The fourth-order valence-electron chi connectivity index (χ4n) is 3.44. The number of carbonyl (C=O) groups excluding carboxylic acids is 1. The highest BCUT2D eigenvalue weighted by atomic mass is 19.4. The van der Waals surface area contributed by atoms with E-state index in [4.69, 9.17) is 4.74 Å². The van der Waals surface area contributed by atoms with Crippen molar-refractivity contribution in [1.29, 1.82) is 0 Å². The number of alkyl halides is 3. The maximum atomic E-state index is 12.5. The van der Waals surface area contributed by atoms with E-state index in [1.807, 2.05) is 6.92 Å². The van der Waals surface area contributed by atoms with Crippen LogP contribution < -0.4 is 20.3 Å². The van der Waals surface area contributed by atoms with Crippen LogP contribution in [0.3, 0.4) is 0 Å². The highest BCUT2D eigenvalue weighted by molar-refractivity contribution is 6.00. The third-order valence-corrected chi connectivity index (χ3v) is 5.01. The average molecular weight is 423 g/mol. The normalized spacial score (nSPS) is 20.8. The van der Waals surface area contributed by atoms with E-state index in [1.165, 1.54) is 0 Å². The molecule has 30 heavy (non-hydrogen) atoms. The number of carbonyl (C=O) groups is 1. The van der Waals surface area contributed by atoms with Crippen LogP contribution in [0.1, 0.15) is 24.4 Å². The molecule has 1 amide bonds. The number of nitrogens with zero attached hydrogens (tertiary/aromatic N) is 5. The summed E-state index contributed by atoms with van der Waals surface area (Å²) in [4.78, 5) is 28.9. The summed E-state index contributed by atoms with van der Waals surface area (Å²) in [5.74, 6) is 0.343. The molecular formula is C18H20F3N7O2. The molecule has 4 rings (SSSR count). The van der Waals surface area contributed by atoms with Crippen LogP contribution in [0, 0.1) is 12.8 Å². The number of hydrogen-bond donors (Lipinski definition) is 2. The predicted molar refractivity (Wildman–Crippen MR) is 101 cm³/mol. The van der Waals surface area contributed by atoms with Crippen LogP contribution in [-0.4, -0.2) is 52.1 Å². The third-order valence-electron chi connectivity index (χ3n) is 5.01. The Labute approximate surface area is 170 Å². The number of amides is 1. The molecule has 0 atom stereocenters. The number of rotatable bonds is 5. The minimum absolute atomic E-state index is 0.0994. The number of ether oxygens (including phenoxy) is 1. The van der Waals surface area contributed by atoms with Crippen LogP contribution in [0.25, 0.3) is 0 Å². The van der Waals surface area contributed by atoms with Crippen LogP contribution in [0.15, 0.2) is 12.4 Å². The lowest BCUT2D eigenvalue weighted by atomic mass is 9.81. The van der Waals surface area contributed by atoms with E-state index in [2.05, 4.69) is 30.6 Å². The summed E-state index contributed by atoms with van der Waals surface area (Å²) in [6, 6.07) is 0.170. The van der Waals surface area contributed by atoms with Crippen LogP contribution in [0.4, 0.5) is 30.6 Å². The lowest BCUT2D eigenvalue weighted by Crippen LogP contribution is -2.40. The Bertz CT molecular complexity index is 946. The summed E-state index contributed by atoms with van der Waals surface area (Å²) in [6.45, 7) is 2.42. The summed E-state index contributed by atoms with van der Waals surface area (Å²) in [5.41, 5.74) is 1.31. The number of aromatic nitrogens is 4. The largest absolute Gasteiger partial charge is 0.490 e. The Balaban J connectivity index is 1.28. The molecule has 9 nitrogen and oxygen atoms in total. The van der Waals surface area contributed by atoms with Gasteiger partial charge in [-0.15, -0.1) is 0 Å². The number of hydrogen-bond acceptors (Lipinski definition) is 8. The van der Waals surface area contributed by atoms with E-state index in [0.717, 1.165) is 25.2 Å². The second-order valence-corrected chi connectivity index (χ2v) is 7.47. The quantitative estimate of drug-likeness (QED) is 0.755. The van der Waals surface area contributed by atoms with Gasteiger partial charge in [-0.3, -0.25) is 4.79 Å². The highest BCUT2D eigenvalue weighted by Crippen LogP contribution is 2.33. The fourth-order valence-corrected chi connectivity index (χ4v) is 3.44. The van der Waals surface area contributed by atoms with Gasteiger partial charge in [0.1, 0.15) is 5.69 Å². The van der Waals surface area contributed by atoms with Gasteiger partial charge in [-0.1, -0.05) is 0 Å². The van der Waals surface area contributed by atoms with Crippen molar-refractivity contribution in [2.24, 2.45) is 5.92 Å². The molecule has 0 bridgehead atoms.